The van der Waals surface area contributed by atoms with E-state index in [-0.39, 0.29) is 12.5 Å². The van der Waals surface area contributed by atoms with E-state index in [1.807, 2.05) is 49.4 Å². The van der Waals surface area contributed by atoms with E-state index in [0.717, 1.165) is 17.1 Å². The molecule has 1 heterocycles. The Hall–Kier alpha value is -3.13. The quantitative estimate of drug-likeness (QED) is 0.530. The summed E-state index contributed by atoms with van der Waals surface area (Å²) in [6.45, 7) is 6.61. The lowest BCUT2D eigenvalue weighted by Crippen LogP contribution is -2.20. The number of anilines is 1. The van der Waals surface area contributed by atoms with Gasteiger partial charge >= 0.3 is 0 Å². The topological polar surface area (TPSA) is 82.6 Å². The van der Waals surface area contributed by atoms with Gasteiger partial charge in [-0.15, -0.1) is 0 Å². The Labute approximate surface area is 180 Å². The maximum absolute atomic E-state index is 12.2. The van der Waals surface area contributed by atoms with E-state index in [1.54, 1.807) is 7.11 Å². The van der Waals surface area contributed by atoms with Gasteiger partial charge in [0.15, 0.2) is 23.9 Å². The number of methoxy groups -OCH3 is 1. The molecule has 30 heavy (non-hydrogen) atoms. The van der Waals surface area contributed by atoms with Crippen molar-refractivity contribution in [3.05, 3.63) is 48.0 Å². The predicted octanol–water partition coefficient (Wildman–Crippen LogP) is 4.75. The Bertz CT molecular complexity index is 986. The van der Waals surface area contributed by atoms with Gasteiger partial charge in [0.05, 0.1) is 13.7 Å². The maximum Gasteiger partial charge on any atom is 0.264 e. The van der Waals surface area contributed by atoms with Crippen molar-refractivity contribution < 1.29 is 19.0 Å². The van der Waals surface area contributed by atoms with Crippen LogP contribution in [0.1, 0.15) is 32.3 Å². The highest BCUT2D eigenvalue weighted by atomic mass is 32.1. The number of carbonyl (C=O) groups is 1. The lowest BCUT2D eigenvalue weighted by Gasteiger charge is -2.09. The Morgan fingerprint density at radius 1 is 1.10 bits per heavy atom. The number of aromatic nitrogens is 2. The van der Waals surface area contributed by atoms with Gasteiger partial charge < -0.3 is 14.2 Å². The van der Waals surface area contributed by atoms with Crippen molar-refractivity contribution >= 4 is 22.6 Å². The van der Waals surface area contributed by atoms with Crippen LogP contribution in [0.5, 0.6) is 17.2 Å². The zero-order chi connectivity index (χ0) is 21.5. The first-order valence-corrected chi connectivity index (χ1v) is 10.4. The van der Waals surface area contributed by atoms with Gasteiger partial charge in [-0.2, -0.15) is 9.36 Å². The molecule has 158 valence electrons. The van der Waals surface area contributed by atoms with E-state index in [2.05, 4.69) is 28.5 Å². The highest BCUT2D eigenvalue weighted by molar-refractivity contribution is 7.10. The minimum Gasteiger partial charge on any atom is -0.493 e. The summed E-state index contributed by atoms with van der Waals surface area (Å²) in [6, 6.07) is 13.2. The molecule has 0 unspecified atom stereocenters. The van der Waals surface area contributed by atoms with Gasteiger partial charge in [0, 0.05) is 17.1 Å². The van der Waals surface area contributed by atoms with Crippen molar-refractivity contribution in [1.82, 2.24) is 9.36 Å². The largest absolute Gasteiger partial charge is 0.493 e. The highest BCUT2D eigenvalue weighted by Gasteiger charge is 2.13. The molecule has 0 aliphatic rings. The summed E-state index contributed by atoms with van der Waals surface area (Å²) in [5.41, 5.74) is 1.99. The standard InChI is InChI=1S/C22H25N3O4S/c1-5-28-18-11-8-16(12-19(18)27-4)21-24-22(30-25-21)23-20(26)13-29-17-9-6-15(7-10-17)14(2)3/h6-12,14H,5,13H2,1-4H3,(H,23,24,25,26). The van der Waals surface area contributed by atoms with E-state index in [1.165, 1.54) is 5.56 Å². The fraction of sp³-hybridized carbons (Fsp3) is 0.318. The fourth-order valence-electron chi connectivity index (χ4n) is 2.73. The second kappa shape index (κ2) is 10.1. The normalized spacial score (nSPS) is 10.7. The van der Waals surface area contributed by atoms with Crippen LogP contribution in [0, 0.1) is 0 Å². The number of benzene rings is 2. The van der Waals surface area contributed by atoms with Gasteiger partial charge in [-0.05, 0) is 48.7 Å². The van der Waals surface area contributed by atoms with E-state index >= 15 is 0 Å². The Balaban J connectivity index is 1.59. The van der Waals surface area contributed by atoms with Gasteiger partial charge in [0.25, 0.3) is 5.91 Å². The molecule has 0 fully saturated rings. The third-order valence-corrected chi connectivity index (χ3v) is 4.94. The molecule has 2 aromatic carbocycles. The lowest BCUT2D eigenvalue weighted by molar-refractivity contribution is -0.118. The van der Waals surface area contributed by atoms with Crippen LogP contribution in [0.2, 0.25) is 0 Å². The Morgan fingerprint density at radius 2 is 1.87 bits per heavy atom. The van der Waals surface area contributed by atoms with E-state index < -0.39 is 0 Å². The number of carbonyl (C=O) groups excluding carboxylic acids is 1. The summed E-state index contributed by atoms with van der Waals surface area (Å²) in [4.78, 5) is 16.6. The molecular formula is C22H25N3O4S. The summed E-state index contributed by atoms with van der Waals surface area (Å²) >= 11 is 1.11. The molecule has 3 aromatic rings. The summed E-state index contributed by atoms with van der Waals surface area (Å²) in [6.07, 6.45) is 0. The zero-order valence-electron chi connectivity index (χ0n) is 17.5. The number of amides is 1. The molecule has 1 N–H and O–H groups in total. The number of nitrogens with one attached hydrogen (secondary N) is 1. The minimum atomic E-state index is -0.296. The molecule has 0 aliphatic carbocycles. The second-order valence-electron chi connectivity index (χ2n) is 6.78. The van der Waals surface area contributed by atoms with Crippen LogP contribution in [0.4, 0.5) is 5.13 Å². The molecule has 0 radical (unpaired) electrons. The van der Waals surface area contributed by atoms with Crippen molar-refractivity contribution in [3.63, 3.8) is 0 Å². The van der Waals surface area contributed by atoms with Crippen molar-refractivity contribution in [2.45, 2.75) is 26.7 Å². The molecule has 8 heteroatoms. The first kappa shape index (κ1) is 21.6. The summed E-state index contributed by atoms with van der Waals surface area (Å²) in [5.74, 6) is 2.56. The third kappa shape index (κ3) is 5.48. The van der Waals surface area contributed by atoms with Crippen molar-refractivity contribution in [2.75, 3.05) is 25.6 Å². The third-order valence-electron chi connectivity index (χ3n) is 4.31. The average Bonchev–Trinajstić information content (AvgIpc) is 3.21. The summed E-state index contributed by atoms with van der Waals surface area (Å²) in [7, 11) is 1.58. The van der Waals surface area contributed by atoms with Gasteiger partial charge in [0.2, 0.25) is 5.13 Å². The van der Waals surface area contributed by atoms with Crippen LogP contribution in [0.25, 0.3) is 11.4 Å². The molecule has 0 saturated heterocycles. The Morgan fingerprint density at radius 3 is 2.53 bits per heavy atom. The molecule has 0 aliphatic heterocycles. The van der Waals surface area contributed by atoms with Crippen LogP contribution < -0.4 is 19.5 Å². The minimum absolute atomic E-state index is 0.104. The number of hydrogen-bond donors (Lipinski definition) is 1. The molecule has 7 nitrogen and oxygen atoms in total. The van der Waals surface area contributed by atoms with Gasteiger partial charge in [0.1, 0.15) is 5.75 Å². The monoisotopic (exact) mass is 427 g/mol. The lowest BCUT2D eigenvalue weighted by atomic mass is 10.0. The SMILES string of the molecule is CCOc1ccc(-c2nsc(NC(=O)COc3ccc(C(C)C)cc3)n2)cc1OC. The van der Waals surface area contributed by atoms with Crippen molar-refractivity contribution in [1.29, 1.82) is 0 Å². The molecule has 3 rings (SSSR count). The molecule has 1 aromatic heterocycles. The molecule has 0 atom stereocenters. The van der Waals surface area contributed by atoms with Gasteiger partial charge in [-0.25, -0.2) is 0 Å². The summed E-state index contributed by atoms with van der Waals surface area (Å²) < 4.78 is 20.7. The van der Waals surface area contributed by atoms with Crippen molar-refractivity contribution in [3.8, 4) is 28.6 Å². The van der Waals surface area contributed by atoms with Crippen LogP contribution in [0.15, 0.2) is 42.5 Å². The van der Waals surface area contributed by atoms with Gasteiger partial charge in [-0.1, -0.05) is 26.0 Å². The highest BCUT2D eigenvalue weighted by Crippen LogP contribution is 2.32. The number of rotatable bonds is 9. The van der Waals surface area contributed by atoms with Crippen LogP contribution in [-0.2, 0) is 4.79 Å². The van der Waals surface area contributed by atoms with Gasteiger partial charge in [-0.3, -0.25) is 10.1 Å². The number of nitrogens with zero attached hydrogens (tertiary/aromatic N) is 2. The molecule has 0 saturated carbocycles. The number of hydrogen-bond acceptors (Lipinski definition) is 7. The molecular weight excluding hydrogens is 402 g/mol. The predicted molar refractivity (Wildman–Crippen MR) is 118 cm³/mol. The van der Waals surface area contributed by atoms with Crippen LogP contribution >= 0.6 is 11.5 Å². The fourth-order valence-corrected chi connectivity index (χ4v) is 3.33. The zero-order valence-corrected chi connectivity index (χ0v) is 18.3. The molecule has 1 amide bonds. The van der Waals surface area contributed by atoms with E-state index in [9.17, 15) is 4.79 Å². The maximum atomic E-state index is 12.2. The molecule has 0 bridgehead atoms. The van der Waals surface area contributed by atoms with Crippen molar-refractivity contribution in [2.24, 2.45) is 0 Å². The van der Waals surface area contributed by atoms with E-state index in [0.29, 0.717) is 40.7 Å². The first-order chi connectivity index (χ1) is 14.5. The average molecular weight is 428 g/mol. The van der Waals surface area contributed by atoms with Crippen LogP contribution in [0.3, 0.4) is 0 Å². The Kier molecular flexibility index (Phi) is 7.24. The summed E-state index contributed by atoms with van der Waals surface area (Å²) in [5, 5.41) is 3.12. The first-order valence-electron chi connectivity index (χ1n) is 9.67. The number of ether oxygens (including phenoxy) is 3. The second-order valence-corrected chi connectivity index (χ2v) is 7.53. The van der Waals surface area contributed by atoms with E-state index in [4.69, 9.17) is 14.2 Å². The molecule has 0 spiro atoms. The smallest absolute Gasteiger partial charge is 0.264 e. The van der Waals surface area contributed by atoms with Crippen LogP contribution in [-0.4, -0.2) is 35.6 Å².